The van der Waals surface area contributed by atoms with Gasteiger partial charge in [0, 0.05) is 11.1 Å². The maximum atomic E-state index is 12.7. The van der Waals surface area contributed by atoms with Crippen LogP contribution < -0.4 is 0 Å². The number of carboxylic acid groups (broad SMARTS) is 1. The van der Waals surface area contributed by atoms with Crippen LogP contribution >= 0.6 is 0 Å². The Hall–Kier alpha value is -3.96. The molecule has 1 aliphatic rings. The van der Waals surface area contributed by atoms with Gasteiger partial charge in [-0.05, 0) is 42.8 Å². The Morgan fingerprint density at radius 2 is 2.00 bits per heavy atom. The van der Waals surface area contributed by atoms with Gasteiger partial charge in [-0.2, -0.15) is 5.26 Å². The topological polar surface area (TPSA) is 132 Å². The minimum Gasteiger partial charge on any atom is -0.478 e. The van der Waals surface area contributed by atoms with Gasteiger partial charge >= 0.3 is 5.97 Å². The molecule has 0 saturated carbocycles. The molecule has 0 aliphatic carbocycles. The summed E-state index contributed by atoms with van der Waals surface area (Å²) in [5.41, 5.74) is 0.811. The number of carboxylic acids is 1. The predicted molar refractivity (Wildman–Crippen MR) is 101 cm³/mol. The average molecular weight is 392 g/mol. The lowest BCUT2D eigenvalue weighted by atomic mass is 9.95. The van der Waals surface area contributed by atoms with E-state index in [0.717, 1.165) is 4.90 Å². The molecule has 0 unspecified atom stereocenters. The van der Waals surface area contributed by atoms with Crippen LogP contribution in [0.3, 0.4) is 0 Å². The summed E-state index contributed by atoms with van der Waals surface area (Å²) in [6.45, 7) is 0.850. The Balaban J connectivity index is 2.02. The maximum Gasteiger partial charge on any atom is 0.335 e. The van der Waals surface area contributed by atoms with E-state index in [4.69, 9.17) is 14.6 Å². The number of furan rings is 1. The molecule has 0 bridgehead atoms. The largest absolute Gasteiger partial charge is 0.478 e. The smallest absolute Gasteiger partial charge is 0.335 e. The Morgan fingerprint density at radius 3 is 2.66 bits per heavy atom. The molecule has 8 nitrogen and oxygen atoms in total. The molecule has 0 radical (unpaired) electrons. The number of aliphatic hydroxyl groups excluding tert-OH is 1. The third-order valence-corrected chi connectivity index (χ3v) is 4.46. The molecule has 2 heterocycles. The predicted octanol–water partition coefficient (Wildman–Crippen LogP) is 2.23. The summed E-state index contributed by atoms with van der Waals surface area (Å²) < 4.78 is 5.71. The molecule has 1 aromatic heterocycles. The number of β-amino-alcohol motifs (C(OH)–C–C–N with tert-alkyl or cyclic N) is 1. The summed E-state index contributed by atoms with van der Waals surface area (Å²) in [6, 6.07) is 11.2. The van der Waals surface area contributed by atoms with Gasteiger partial charge in [0.15, 0.2) is 0 Å². The van der Waals surface area contributed by atoms with Gasteiger partial charge in [-0.1, -0.05) is 12.1 Å². The lowest BCUT2D eigenvalue weighted by Gasteiger charge is -2.26. The fourth-order valence-corrected chi connectivity index (χ4v) is 2.97. The monoisotopic (exact) mass is 392 g/mol. The molecule has 146 valence electrons. The highest BCUT2D eigenvalue weighted by Crippen LogP contribution is 2.29. The van der Waals surface area contributed by atoms with E-state index in [-0.39, 0.29) is 28.8 Å². The van der Waals surface area contributed by atoms with Crippen molar-refractivity contribution in [1.82, 2.24) is 4.90 Å². The molecule has 8 heteroatoms. The highest BCUT2D eigenvalue weighted by atomic mass is 16.4. The SMILES string of the molecule is CC1=C(C#N)C(=O)N(CCO)C(=O)C1=Cc1ccc(-c2cccc(C(=O)O)c2)o1. The van der Waals surface area contributed by atoms with Crippen LogP contribution in [0.5, 0.6) is 0 Å². The summed E-state index contributed by atoms with van der Waals surface area (Å²) in [5, 5.41) is 27.5. The Kier molecular flexibility index (Phi) is 5.43. The first-order valence-electron chi connectivity index (χ1n) is 8.61. The fraction of sp³-hybridized carbons (Fsp3) is 0.143. The fourth-order valence-electron chi connectivity index (χ4n) is 2.97. The van der Waals surface area contributed by atoms with E-state index < -0.39 is 24.4 Å². The Labute approximate surface area is 165 Å². The molecule has 29 heavy (non-hydrogen) atoms. The van der Waals surface area contributed by atoms with Crippen molar-refractivity contribution in [2.75, 3.05) is 13.2 Å². The summed E-state index contributed by atoms with van der Waals surface area (Å²) >= 11 is 0. The van der Waals surface area contributed by atoms with Crippen molar-refractivity contribution in [1.29, 1.82) is 5.26 Å². The van der Waals surface area contributed by atoms with Crippen LogP contribution in [0.25, 0.3) is 17.4 Å². The van der Waals surface area contributed by atoms with Crippen LogP contribution in [0.4, 0.5) is 0 Å². The van der Waals surface area contributed by atoms with Gasteiger partial charge in [0.1, 0.15) is 23.2 Å². The van der Waals surface area contributed by atoms with Crippen molar-refractivity contribution >= 4 is 23.9 Å². The van der Waals surface area contributed by atoms with Gasteiger partial charge in [-0.25, -0.2) is 4.79 Å². The number of carbonyl (C=O) groups excluding carboxylic acids is 2. The number of aliphatic hydroxyl groups is 1. The molecule has 0 saturated heterocycles. The van der Waals surface area contributed by atoms with Crippen LogP contribution in [0.2, 0.25) is 0 Å². The number of amides is 2. The van der Waals surface area contributed by atoms with Gasteiger partial charge in [0.05, 0.1) is 18.7 Å². The third kappa shape index (κ3) is 3.72. The molecular formula is C21H16N2O6. The first-order valence-corrected chi connectivity index (χ1v) is 8.61. The second-order valence-corrected chi connectivity index (χ2v) is 6.24. The summed E-state index contributed by atoms with van der Waals surface area (Å²) in [6.07, 6.45) is 1.41. The zero-order valence-electron chi connectivity index (χ0n) is 15.4. The number of rotatable bonds is 5. The summed E-state index contributed by atoms with van der Waals surface area (Å²) in [5.74, 6) is -1.75. The van der Waals surface area contributed by atoms with Gasteiger partial charge in [0.2, 0.25) is 0 Å². The van der Waals surface area contributed by atoms with Gasteiger partial charge in [-0.15, -0.1) is 0 Å². The lowest BCUT2D eigenvalue weighted by molar-refractivity contribution is -0.141. The number of aromatic carboxylic acids is 1. The van der Waals surface area contributed by atoms with Gasteiger partial charge in [0.25, 0.3) is 11.8 Å². The molecule has 1 aromatic carbocycles. The normalized spacial score (nSPS) is 15.8. The van der Waals surface area contributed by atoms with Crippen LogP contribution in [-0.2, 0) is 9.59 Å². The number of hydrogen-bond donors (Lipinski definition) is 2. The number of carbonyl (C=O) groups is 3. The molecule has 3 rings (SSSR count). The third-order valence-electron chi connectivity index (χ3n) is 4.46. The number of hydrogen-bond acceptors (Lipinski definition) is 6. The standard InChI is InChI=1S/C21H16N2O6/c1-12-16(19(25)23(7-8-24)20(26)17(12)11-22)10-15-5-6-18(29-15)13-3-2-4-14(9-13)21(27)28/h2-6,9-10,24H,7-8H2,1H3,(H,27,28). The highest BCUT2D eigenvalue weighted by Gasteiger charge is 2.35. The zero-order valence-corrected chi connectivity index (χ0v) is 15.4. The van der Waals surface area contributed by atoms with Gasteiger partial charge in [-0.3, -0.25) is 14.5 Å². The van der Waals surface area contributed by atoms with E-state index in [0.29, 0.717) is 17.1 Å². The summed E-state index contributed by atoms with van der Waals surface area (Å²) in [4.78, 5) is 36.9. The van der Waals surface area contributed by atoms with E-state index in [9.17, 15) is 19.6 Å². The van der Waals surface area contributed by atoms with Crippen molar-refractivity contribution in [3.63, 3.8) is 0 Å². The molecule has 0 fully saturated rings. The van der Waals surface area contributed by atoms with Crippen molar-refractivity contribution in [3.05, 3.63) is 64.4 Å². The Morgan fingerprint density at radius 1 is 1.24 bits per heavy atom. The van der Waals surface area contributed by atoms with E-state index in [1.54, 1.807) is 30.3 Å². The van der Waals surface area contributed by atoms with E-state index >= 15 is 0 Å². The van der Waals surface area contributed by atoms with Crippen LogP contribution in [0.1, 0.15) is 23.0 Å². The molecule has 2 aromatic rings. The highest BCUT2D eigenvalue weighted by molar-refractivity contribution is 6.19. The van der Waals surface area contributed by atoms with Gasteiger partial charge < -0.3 is 14.6 Å². The lowest BCUT2D eigenvalue weighted by Crippen LogP contribution is -2.44. The molecule has 1 aliphatic heterocycles. The number of imide groups is 1. The minimum absolute atomic E-state index is 0.106. The summed E-state index contributed by atoms with van der Waals surface area (Å²) in [7, 11) is 0. The van der Waals surface area contributed by atoms with Crippen molar-refractivity contribution < 1.29 is 29.0 Å². The van der Waals surface area contributed by atoms with Crippen LogP contribution in [0, 0.1) is 11.3 Å². The molecule has 2 N–H and O–H groups in total. The van der Waals surface area contributed by atoms with Crippen molar-refractivity contribution in [2.45, 2.75) is 6.92 Å². The number of nitriles is 1. The maximum absolute atomic E-state index is 12.7. The first-order chi connectivity index (χ1) is 13.9. The second kappa shape index (κ2) is 7.96. The minimum atomic E-state index is -1.06. The number of nitrogens with zero attached hydrogens (tertiary/aromatic N) is 2. The molecule has 2 amide bonds. The van der Waals surface area contributed by atoms with E-state index in [2.05, 4.69) is 0 Å². The molecule has 0 atom stereocenters. The quantitative estimate of drug-likeness (QED) is 0.589. The Bertz CT molecular complexity index is 1120. The van der Waals surface area contributed by atoms with Crippen molar-refractivity contribution in [3.8, 4) is 17.4 Å². The van der Waals surface area contributed by atoms with Crippen LogP contribution in [-0.4, -0.2) is 46.0 Å². The van der Waals surface area contributed by atoms with E-state index in [1.807, 2.05) is 0 Å². The van der Waals surface area contributed by atoms with Crippen LogP contribution in [0.15, 0.2) is 57.5 Å². The van der Waals surface area contributed by atoms with E-state index in [1.165, 1.54) is 25.1 Å². The van der Waals surface area contributed by atoms with Crippen molar-refractivity contribution in [2.24, 2.45) is 0 Å². The first kappa shape index (κ1) is 19.8. The zero-order chi connectivity index (χ0) is 21.1. The molecular weight excluding hydrogens is 376 g/mol. The number of benzene rings is 1. The molecule has 0 spiro atoms. The average Bonchev–Trinajstić information content (AvgIpc) is 3.18. The second-order valence-electron chi connectivity index (χ2n) is 6.24.